The van der Waals surface area contributed by atoms with E-state index in [9.17, 15) is 18.8 Å². The zero-order valence-corrected chi connectivity index (χ0v) is 14.5. The molecular formula is C17H14FN3O4S. The molecule has 2 heterocycles. The minimum atomic E-state index is -0.564. The van der Waals surface area contributed by atoms with Gasteiger partial charge in [-0.05, 0) is 31.2 Å². The molecule has 3 rings (SSSR count). The molecule has 0 fully saturated rings. The number of nitrogens with one attached hydrogen (secondary N) is 1. The van der Waals surface area contributed by atoms with E-state index in [0.29, 0.717) is 10.7 Å². The molecule has 9 heteroatoms. The summed E-state index contributed by atoms with van der Waals surface area (Å²) in [7, 11) is 0. The summed E-state index contributed by atoms with van der Waals surface area (Å²) in [5.74, 6) is -1.49. The minimum absolute atomic E-state index is 0.0414. The van der Waals surface area contributed by atoms with Crippen LogP contribution < -0.4 is 10.9 Å². The summed E-state index contributed by atoms with van der Waals surface area (Å²) in [4.78, 5) is 41.1. The van der Waals surface area contributed by atoms with E-state index in [1.54, 1.807) is 12.3 Å². The number of aromatic nitrogens is 2. The van der Waals surface area contributed by atoms with Crippen molar-refractivity contribution in [3.63, 3.8) is 0 Å². The van der Waals surface area contributed by atoms with Crippen LogP contribution in [-0.4, -0.2) is 27.9 Å². The van der Waals surface area contributed by atoms with E-state index in [0.717, 1.165) is 12.1 Å². The Morgan fingerprint density at radius 3 is 2.73 bits per heavy atom. The van der Waals surface area contributed by atoms with E-state index in [1.165, 1.54) is 34.1 Å². The Morgan fingerprint density at radius 2 is 2.04 bits per heavy atom. The maximum absolute atomic E-state index is 13.0. The quantitative estimate of drug-likeness (QED) is 0.691. The zero-order valence-electron chi connectivity index (χ0n) is 13.7. The fourth-order valence-electron chi connectivity index (χ4n) is 2.31. The van der Waals surface area contributed by atoms with Crippen LogP contribution in [0.5, 0.6) is 0 Å². The summed E-state index contributed by atoms with van der Waals surface area (Å²) < 4.78 is 19.1. The molecule has 0 spiro atoms. The zero-order chi connectivity index (χ0) is 18.7. The van der Waals surface area contributed by atoms with Crippen molar-refractivity contribution in [2.24, 2.45) is 0 Å². The van der Waals surface area contributed by atoms with Crippen LogP contribution in [-0.2, 0) is 16.0 Å². The summed E-state index contributed by atoms with van der Waals surface area (Å²) in [6.45, 7) is 1.94. The average Bonchev–Trinajstić information content (AvgIpc) is 3.01. The van der Waals surface area contributed by atoms with Gasteiger partial charge in [-0.3, -0.25) is 18.8 Å². The normalized spacial score (nSPS) is 10.7. The topological polar surface area (TPSA) is 89.8 Å². The number of benzene rings is 1. The molecule has 0 unspecified atom stereocenters. The maximum Gasteiger partial charge on any atom is 0.311 e. The first-order chi connectivity index (χ1) is 12.5. The van der Waals surface area contributed by atoms with Crippen molar-refractivity contribution >= 4 is 33.9 Å². The molecule has 0 saturated carbocycles. The number of fused-ring (bicyclic) bond motifs is 1. The second kappa shape index (κ2) is 7.44. The van der Waals surface area contributed by atoms with E-state index in [4.69, 9.17) is 4.74 Å². The van der Waals surface area contributed by atoms with Crippen LogP contribution in [0.25, 0.3) is 4.96 Å². The van der Waals surface area contributed by atoms with Gasteiger partial charge in [-0.15, -0.1) is 11.3 Å². The number of carbonyl (C=O) groups excluding carboxylic acids is 2. The number of hydrogen-bond donors (Lipinski definition) is 1. The molecule has 1 N–H and O–H groups in total. The maximum atomic E-state index is 13.0. The van der Waals surface area contributed by atoms with Crippen molar-refractivity contribution in [3.8, 4) is 0 Å². The minimum Gasteiger partial charge on any atom is -0.466 e. The molecule has 1 aromatic carbocycles. The molecule has 0 aliphatic rings. The standard InChI is InChI=1S/C17H14FN3O4S/c1-2-25-14(22)7-12-9-26-17-19-8-13(16(24)21(12)17)20-15(23)10-3-5-11(18)6-4-10/h3-6,8-9H,2,7H2,1H3,(H,20,23). The van der Waals surface area contributed by atoms with E-state index < -0.39 is 23.3 Å². The van der Waals surface area contributed by atoms with Gasteiger partial charge < -0.3 is 10.1 Å². The number of amides is 1. The highest BCUT2D eigenvalue weighted by atomic mass is 32.1. The monoisotopic (exact) mass is 375 g/mol. The van der Waals surface area contributed by atoms with Crippen LogP contribution >= 0.6 is 11.3 Å². The van der Waals surface area contributed by atoms with Crippen LogP contribution in [0.15, 0.2) is 40.6 Å². The molecule has 134 valence electrons. The Balaban J connectivity index is 1.91. The second-order valence-corrected chi connectivity index (χ2v) is 6.10. The van der Waals surface area contributed by atoms with Crippen molar-refractivity contribution in [1.29, 1.82) is 0 Å². The second-order valence-electron chi connectivity index (χ2n) is 5.26. The molecule has 0 atom stereocenters. The van der Waals surface area contributed by atoms with E-state index in [-0.39, 0.29) is 24.3 Å². The van der Waals surface area contributed by atoms with Crippen molar-refractivity contribution in [3.05, 3.63) is 63.3 Å². The number of nitrogens with zero attached hydrogens (tertiary/aromatic N) is 2. The third kappa shape index (κ3) is 3.62. The number of halogens is 1. The van der Waals surface area contributed by atoms with Gasteiger partial charge in [0.1, 0.15) is 11.5 Å². The van der Waals surface area contributed by atoms with Gasteiger partial charge in [0.05, 0.1) is 19.2 Å². The highest BCUT2D eigenvalue weighted by molar-refractivity contribution is 7.15. The Morgan fingerprint density at radius 1 is 1.31 bits per heavy atom. The predicted molar refractivity (Wildman–Crippen MR) is 94.0 cm³/mol. The molecule has 0 bridgehead atoms. The number of anilines is 1. The summed E-state index contributed by atoms with van der Waals surface area (Å²) in [6.07, 6.45) is 1.18. The predicted octanol–water partition coefficient (Wildman–Crippen LogP) is 2.25. The summed E-state index contributed by atoms with van der Waals surface area (Å²) in [5, 5.41) is 4.11. The van der Waals surface area contributed by atoms with Crippen molar-refractivity contribution < 1.29 is 18.7 Å². The Labute approximate surface area is 151 Å². The third-order valence-electron chi connectivity index (χ3n) is 3.50. The molecular weight excluding hydrogens is 361 g/mol. The largest absolute Gasteiger partial charge is 0.466 e. The van der Waals surface area contributed by atoms with Gasteiger partial charge in [0.2, 0.25) is 0 Å². The number of carbonyl (C=O) groups is 2. The van der Waals surface area contributed by atoms with Crippen LogP contribution in [0.1, 0.15) is 23.0 Å². The Bertz CT molecular complexity index is 1030. The highest BCUT2D eigenvalue weighted by Gasteiger charge is 2.16. The van der Waals surface area contributed by atoms with Gasteiger partial charge in [-0.1, -0.05) is 0 Å². The van der Waals surface area contributed by atoms with Crippen molar-refractivity contribution in [2.45, 2.75) is 13.3 Å². The Kier molecular flexibility index (Phi) is 5.08. The average molecular weight is 375 g/mol. The number of esters is 1. The lowest BCUT2D eigenvalue weighted by Crippen LogP contribution is -2.24. The lowest BCUT2D eigenvalue weighted by molar-refractivity contribution is -0.142. The first-order valence-corrected chi connectivity index (χ1v) is 8.58. The van der Waals surface area contributed by atoms with Crippen LogP contribution in [0.3, 0.4) is 0 Å². The van der Waals surface area contributed by atoms with E-state index in [2.05, 4.69) is 10.3 Å². The van der Waals surface area contributed by atoms with E-state index in [1.807, 2.05) is 0 Å². The number of ether oxygens (including phenoxy) is 1. The molecule has 2 aromatic heterocycles. The molecule has 0 aliphatic heterocycles. The lowest BCUT2D eigenvalue weighted by Gasteiger charge is -2.06. The van der Waals surface area contributed by atoms with Gasteiger partial charge in [0, 0.05) is 16.6 Å². The molecule has 26 heavy (non-hydrogen) atoms. The number of rotatable bonds is 5. The molecule has 3 aromatic rings. The van der Waals surface area contributed by atoms with Gasteiger partial charge in [-0.25, -0.2) is 9.37 Å². The molecule has 7 nitrogen and oxygen atoms in total. The highest BCUT2D eigenvalue weighted by Crippen LogP contribution is 2.15. The summed E-state index contributed by atoms with van der Waals surface area (Å²) in [6, 6.07) is 4.93. The Hall–Kier alpha value is -3.07. The first-order valence-electron chi connectivity index (χ1n) is 7.70. The fraction of sp³-hybridized carbons (Fsp3) is 0.176. The molecule has 0 aliphatic carbocycles. The van der Waals surface area contributed by atoms with Crippen LogP contribution in [0.2, 0.25) is 0 Å². The van der Waals surface area contributed by atoms with Gasteiger partial charge in [-0.2, -0.15) is 0 Å². The molecule has 0 radical (unpaired) electrons. The third-order valence-corrected chi connectivity index (χ3v) is 4.39. The van der Waals surface area contributed by atoms with Gasteiger partial charge in [0.25, 0.3) is 11.5 Å². The molecule has 0 saturated heterocycles. The first kappa shape index (κ1) is 17.7. The van der Waals surface area contributed by atoms with Crippen LogP contribution in [0, 0.1) is 5.82 Å². The van der Waals surface area contributed by atoms with Gasteiger partial charge >= 0.3 is 5.97 Å². The summed E-state index contributed by atoms with van der Waals surface area (Å²) in [5.41, 5.74) is 0.0816. The lowest BCUT2D eigenvalue weighted by atomic mass is 10.2. The molecule has 1 amide bonds. The smallest absolute Gasteiger partial charge is 0.311 e. The number of thiazole rings is 1. The van der Waals surface area contributed by atoms with Crippen molar-refractivity contribution in [1.82, 2.24) is 9.38 Å². The van der Waals surface area contributed by atoms with E-state index >= 15 is 0 Å². The van der Waals surface area contributed by atoms with Crippen molar-refractivity contribution in [2.75, 3.05) is 11.9 Å². The van der Waals surface area contributed by atoms with Gasteiger partial charge in [0.15, 0.2) is 4.96 Å². The summed E-state index contributed by atoms with van der Waals surface area (Å²) >= 11 is 1.20. The van der Waals surface area contributed by atoms with Crippen LogP contribution in [0.4, 0.5) is 10.1 Å². The number of hydrogen-bond acceptors (Lipinski definition) is 6. The fourth-order valence-corrected chi connectivity index (χ4v) is 3.16. The SMILES string of the molecule is CCOC(=O)Cc1csc2ncc(NC(=O)c3ccc(F)cc3)c(=O)n12.